The molecule has 2 aromatic carbocycles. The van der Waals surface area contributed by atoms with E-state index >= 15 is 0 Å². The van der Waals surface area contributed by atoms with E-state index < -0.39 is 11.7 Å². The van der Waals surface area contributed by atoms with Crippen LogP contribution in [0.2, 0.25) is 0 Å². The molecule has 4 aromatic rings. The molecule has 0 aliphatic rings. The van der Waals surface area contributed by atoms with E-state index in [0.717, 1.165) is 17.7 Å². The molecule has 27 heavy (non-hydrogen) atoms. The van der Waals surface area contributed by atoms with Crippen LogP contribution in [0.5, 0.6) is 0 Å². The molecule has 0 bridgehead atoms. The maximum atomic E-state index is 13.2. The number of halogens is 3. The van der Waals surface area contributed by atoms with Gasteiger partial charge in [-0.3, -0.25) is 4.68 Å². The topological polar surface area (TPSA) is 51.2 Å². The average molecular weight is 372 g/mol. The van der Waals surface area contributed by atoms with Crippen molar-refractivity contribution in [2.24, 2.45) is 0 Å². The third-order valence-corrected chi connectivity index (χ3v) is 4.31. The summed E-state index contributed by atoms with van der Waals surface area (Å²) >= 11 is 0. The number of aliphatic hydroxyl groups is 1. The molecule has 0 radical (unpaired) electrons. The van der Waals surface area contributed by atoms with E-state index in [1.807, 2.05) is 30.3 Å². The van der Waals surface area contributed by atoms with E-state index in [0.29, 0.717) is 34.7 Å². The lowest BCUT2D eigenvalue weighted by Crippen LogP contribution is -2.06. The van der Waals surface area contributed by atoms with Gasteiger partial charge < -0.3 is 9.52 Å². The molecule has 0 unspecified atom stereocenters. The number of rotatable bonds is 4. The van der Waals surface area contributed by atoms with Gasteiger partial charge in [-0.15, -0.1) is 0 Å². The molecule has 2 heterocycles. The molecule has 0 fully saturated rings. The fourth-order valence-electron chi connectivity index (χ4n) is 3.00. The number of nitrogens with zero attached hydrogens (tertiary/aromatic N) is 2. The van der Waals surface area contributed by atoms with Crippen molar-refractivity contribution in [2.45, 2.75) is 19.3 Å². The zero-order valence-electron chi connectivity index (χ0n) is 14.1. The van der Waals surface area contributed by atoms with Crippen molar-refractivity contribution < 1.29 is 22.7 Å². The highest BCUT2D eigenvalue weighted by Gasteiger charge is 2.31. The largest absolute Gasteiger partial charge is 0.457 e. The Morgan fingerprint density at radius 2 is 1.78 bits per heavy atom. The van der Waals surface area contributed by atoms with Crippen LogP contribution in [0.3, 0.4) is 0 Å². The summed E-state index contributed by atoms with van der Waals surface area (Å²) in [4.78, 5) is 0. The van der Waals surface area contributed by atoms with Crippen molar-refractivity contribution in [3.05, 3.63) is 77.6 Å². The summed E-state index contributed by atoms with van der Waals surface area (Å²) in [5.74, 6) is 0.762. The van der Waals surface area contributed by atoms with Crippen molar-refractivity contribution in [2.75, 3.05) is 0 Å². The van der Waals surface area contributed by atoms with Crippen LogP contribution in [-0.2, 0) is 19.3 Å². The molecule has 2 aromatic heterocycles. The quantitative estimate of drug-likeness (QED) is 0.557. The van der Waals surface area contributed by atoms with Crippen LogP contribution in [0, 0.1) is 0 Å². The molecule has 138 valence electrons. The summed E-state index contributed by atoms with van der Waals surface area (Å²) in [7, 11) is 0. The van der Waals surface area contributed by atoms with Crippen molar-refractivity contribution >= 4 is 10.9 Å². The Bertz CT molecular complexity index is 1080. The number of fused-ring (bicyclic) bond motifs is 1. The fourth-order valence-corrected chi connectivity index (χ4v) is 3.00. The van der Waals surface area contributed by atoms with Crippen LogP contribution in [0.4, 0.5) is 13.2 Å². The lowest BCUT2D eigenvalue weighted by atomic mass is 10.1. The first-order valence-corrected chi connectivity index (χ1v) is 8.27. The molecule has 0 spiro atoms. The third-order valence-electron chi connectivity index (χ3n) is 4.31. The van der Waals surface area contributed by atoms with Crippen LogP contribution < -0.4 is 0 Å². The summed E-state index contributed by atoms with van der Waals surface area (Å²) in [5.41, 5.74) is 0.993. The molecule has 1 N–H and O–H groups in total. The van der Waals surface area contributed by atoms with Gasteiger partial charge in [0, 0.05) is 5.39 Å². The molecule has 4 nitrogen and oxygen atoms in total. The molecule has 0 saturated carbocycles. The number of aromatic nitrogens is 2. The Hall–Kier alpha value is -3.06. The zero-order chi connectivity index (χ0) is 19.0. The van der Waals surface area contributed by atoms with Gasteiger partial charge >= 0.3 is 6.18 Å². The van der Waals surface area contributed by atoms with Gasteiger partial charge in [0.15, 0.2) is 5.76 Å². The van der Waals surface area contributed by atoms with E-state index in [-0.39, 0.29) is 6.61 Å². The van der Waals surface area contributed by atoms with Gasteiger partial charge in [-0.1, -0.05) is 30.3 Å². The Labute approximate surface area is 152 Å². The van der Waals surface area contributed by atoms with Crippen LogP contribution in [0.25, 0.3) is 22.4 Å². The van der Waals surface area contributed by atoms with E-state index in [1.54, 1.807) is 12.1 Å². The second-order valence-corrected chi connectivity index (χ2v) is 6.15. The Balaban J connectivity index is 1.88. The molecule has 4 rings (SSSR count). The van der Waals surface area contributed by atoms with Crippen LogP contribution >= 0.6 is 0 Å². The first-order valence-electron chi connectivity index (χ1n) is 8.27. The SMILES string of the molecule is OCc1ccc(-c2nn(Cc3ccccc3)c3cc(C(F)(F)F)ccc23)o1. The molecule has 0 aliphatic carbocycles. The highest BCUT2D eigenvalue weighted by atomic mass is 19.4. The number of benzene rings is 2. The van der Waals surface area contributed by atoms with Crippen LogP contribution in [0.1, 0.15) is 16.9 Å². The summed E-state index contributed by atoms with van der Waals surface area (Å²) in [6.07, 6.45) is -4.44. The zero-order valence-corrected chi connectivity index (χ0v) is 14.1. The van der Waals surface area contributed by atoms with Crippen molar-refractivity contribution in [1.29, 1.82) is 0 Å². The monoisotopic (exact) mass is 372 g/mol. The van der Waals surface area contributed by atoms with E-state index in [2.05, 4.69) is 5.10 Å². The van der Waals surface area contributed by atoms with E-state index in [1.165, 1.54) is 10.7 Å². The standard InChI is InChI=1S/C20H15F3N2O2/c21-20(22,23)14-6-8-16-17(10-14)25(11-13-4-2-1-3-5-13)24-19(16)18-9-7-15(12-26)27-18/h1-10,26H,11-12H2. The molecular formula is C20H15F3N2O2. The molecule has 7 heteroatoms. The average Bonchev–Trinajstić information content (AvgIpc) is 3.26. The first kappa shape index (κ1) is 17.4. The highest BCUT2D eigenvalue weighted by molar-refractivity contribution is 5.92. The van der Waals surface area contributed by atoms with Gasteiger partial charge in [-0.25, -0.2) is 0 Å². The molecule has 0 amide bonds. The van der Waals surface area contributed by atoms with Gasteiger partial charge in [-0.2, -0.15) is 18.3 Å². The lowest BCUT2D eigenvalue weighted by molar-refractivity contribution is -0.137. The fraction of sp³-hybridized carbons (Fsp3) is 0.150. The minimum atomic E-state index is -4.44. The number of hydrogen-bond acceptors (Lipinski definition) is 3. The van der Waals surface area contributed by atoms with E-state index in [9.17, 15) is 18.3 Å². The van der Waals surface area contributed by atoms with Gasteiger partial charge in [0.2, 0.25) is 0 Å². The Morgan fingerprint density at radius 1 is 1.00 bits per heavy atom. The third kappa shape index (κ3) is 3.33. The van der Waals surface area contributed by atoms with Crippen LogP contribution in [-0.4, -0.2) is 14.9 Å². The van der Waals surface area contributed by atoms with Gasteiger partial charge in [0.1, 0.15) is 18.1 Å². The van der Waals surface area contributed by atoms with Crippen molar-refractivity contribution in [3.8, 4) is 11.5 Å². The van der Waals surface area contributed by atoms with E-state index in [4.69, 9.17) is 4.42 Å². The normalized spacial score (nSPS) is 12.0. The van der Waals surface area contributed by atoms with Crippen molar-refractivity contribution in [3.63, 3.8) is 0 Å². The summed E-state index contributed by atoms with van der Waals surface area (Å²) < 4.78 is 46.6. The lowest BCUT2D eigenvalue weighted by Gasteiger charge is -2.08. The van der Waals surface area contributed by atoms with Gasteiger partial charge in [0.05, 0.1) is 17.6 Å². The summed E-state index contributed by atoms with van der Waals surface area (Å²) in [6, 6.07) is 16.2. The predicted molar refractivity (Wildman–Crippen MR) is 93.9 cm³/mol. The number of alkyl halides is 3. The minimum absolute atomic E-state index is 0.263. The smallest absolute Gasteiger partial charge is 0.416 e. The summed E-state index contributed by atoms with van der Waals surface area (Å²) in [6.45, 7) is 0.0626. The molecule has 0 saturated heterocycles. The number of aliphatic hydroxyl groups excluding tert-OH is 1. The van der Waals surface area contributed by atoms with Crippen molar-refractivity contribution in [1.82, 2.24) is 9.78 Å². The second kappa shape index (κ2) is 6.59. The molecule has 0 atom stereocenters. The maximum Gasteiger partial charge on any atom is 0.416 e. The maximum absolute atomic E-state index is 13.2. The Kier molecular flexibility index (Phi) is 4.24. The molecule has 0 aliphatic heterocycles. The second-order valence-electron chi connectivity index (χ2n) is 6.15. The Morgan fingerprint density at radius 3 is 2.44 bits per heavy atom. The summed E-state index contributed by atoms with van der Waals surface area (Å²) in [5, 5.41) is 14.2. The molecular weight excluding hydrogens is 357 g/mol. The van der Waals surface area contributed by atoms with Crippen LogP contribution in [0.15, 0.2) is 65.1 Å². The first-order chi connectivity index (χ1) is 13.0. The highest BCUT2D eigenvalue weighted by Crippen LogP contribution is 2.35. The predicted octanol–water partition coefficient (Wildman–Crippen LogP) is 4.86. The number of hydrogen-bond donors (Lipinski definition) is 1. The number of furan rings is 1. The van der Waals surface area contributed by atoms with Gasteiger partial charge in [0.25, 0.3) is 0 Å². The minimum Gasteiger partial charge on any atom is -0.457 e. The van der Waals surface area contributed by atoms with Gasteiger partial charge in [-0.05, 0) is 35.9 Å².